The average molecular weight is 298 g/mol. The molecule has 0 radical (unpaired) electrons. The number of nitrogens with zero attached hydrogens (tertiary/aromatic N) is 3. The maximum atomic E-state index is 12.0. The zero-order chi connectivity index (χ0) is 15.4. The average Bonchev–Trinajstić information content (AvgIpc) is 3.17. The highest BCUT2D eigenvalue weighted by atomic mass is 16.1. The fourth-order valence-electron chi connectivity index (χ4n) is 3.06. The predicted octanol–water partition coefficient (Wildman–Crippen LogP) is 2.68. The third kappa shape index (κ3) is 3.72. The number of rotatable bonds is 5. The highest BCUT2D eigenvalue weighted by molar-refractivity contribution is 5.76. The van der Waals surface area contributed by atoms with E-state index in [4.69, 9.17) is 0 Å². The summed E-state index contributed by atoms with van der Waals surface area (Å²) in [7, 11) is 1.89. The zero-order valence-corrected chi connectivity index (χ0v) is 13.0. The van der Waals surface area contributed by atoms with E-state index in [9.17, 15) is 4.79 Å². The lowest BCUT2D eigenvalue weighted by molar-refractivity contribution is -0.122. The van der Waals surface area contributed by atoms with Crippen LogP contribution in [0.3, 0.4) is 0 Å². The molecule has 1 aliphatic carbocycles. The van der Waals surface area contributed by atoms with Crippen molar-refractivity contribution in [3.63, 3.8) is 0 Å². The molecule has 0 unspecified atom stereocenters. The standard InChI is InChI=1S/C17H22N4O/c1-21-12-16(11-20-21)15-6-14(8-18-10-15)9-19-17(22)7-13-4-2-3-5-13/h6,8,10-13H,2-5,7,9H2,1H3,(H,19,22). The fraction of sp³-hybridized carbons (Fsp3) is 0.471. The third-order valence-corrected chi connectivity index (χ3v) is 4.27. The van der Waals surface area contributed by atoms with Crippen molar-refractivity contribution in [1.29, 1.82) is 0 Å². The first-order valence-corrected chi connectivity index (χ1v) is 7.90. The van der Waals surface area contributed by atoms with Crippen LogP contribution in [0.15, 0.2) is 30.9 Å². The van der Waals surface area contributed by atoms with Gasteiger partial charge in [0.05, 0.1) is 6.20 Å². The molecule has 0 bridgehead atoms. The summed E-state index contributed by atoms with van der Waals surface area (Å²) in [5.74, 6) is 0.735. The van der Waals surface area contributed by atoms with Gasteiger partial charge in [0.2, 0.25) is 5.91 Å². The Kier molecular flexibility index (Phi) is 4.51. The van der Waals surface area contributed by atoms with Crippen LogP contribution in [0.25, 0.3) is 11.1 Å². The monoisotopic (exact) mass is 298 g/mol. The first-order chi connectivity index (χ1) is 10.7. The van der Waals surface area contributed by atoms with E-state index in [1.54, 1.807) is 10.9 Å². The topological polar surface area (TPSA) is 59.8 Å². The normalized spacial score (nSPS) is 15.1. The molecular weight excluding hydrogens is 276 g/mol. The molecule has 0 atom stereocenters. The molecule has 5 heteroatoms. The van der Waals surface area contributed by atoms with Gasteiger partial charge in [0, 0.05) is 49.7 Å². The first kappa shape index (κ1) is 14.8. The van der Waals surface area contributed by atoms with E-state index in [1.165, 1.54) is 25.7 Å². The van der Waals surface area contributed by atoms with Crippen molar-refractivity contribution in [2.75, 3.05) is 0 Å². The van der Waals surface area contributed by atoms with E-state index >= 15 is 0 Å². The first-order valence-electron chi connectivity index (χ1n) is 7.90. The van der Waals surface area contributed by atoms with Gasteiger partial charge in [0.15, 0.2) is 0 Å². The van der Waals surface area contributed by atoms with Gasteiger partial charge in [-0.2, -0.15) is 5.10 Å². The molecule has 5 nitrogen and oxygen atoms in total. The Bertz CT molecular complexity index is 644. The summed E-state index contributed by atoms with van der Waals surface area (Å²) in [6.45, 7) is 0.534. The molecule has 116 valence electrons. The Labute approximate surface area is 130 Å². The Morgan fingerprint density at radius 3 is 2.82 bits per heavy atom. The van der Waals surface area contributed by atoms with Crippen molar-refractivity contribution in [3.8, 4) is 11.1 Å². The van der Waals surface area contributed by atoms with Gasteiger partial charge in [-0.3, -0.25) is 14.5 Å². The minimum absolute atomic E-state index is 0.152. The van der Waals surface area contributed by atoms with E-state index in [-0.39, 0.29) is 5.91 Å². The number of hydrogen-bond acceptors (Lipinski definition) is 3. The molecule has 2 aromatic rings. The number of aryl methyl sites for hydroxylation is 1. The molecule has 0 spiro atoms. The molecule has 1 amide bonds. The number of hydrogen-bond donors (Lipinski definition) is 1. The van der Waals surface area contributed by atoms with Crippen molar-refractivity contribution in [2.24, 2.45) is 13.0 Å². The molecule has 2 heterocycles. The second-order valence-corrected chi connectivity index (χ2v) is 6.12. The van der Waals surface area contributed by atoms with Crippen LogP contribution in [0.1, 0.15) is 37.7 Å². The fourth-order valence-corrected chi connectivity index (χ4v) is 3.06. The molecule has 1 N–H and O–H groups in total. The summed E-state index contributed by atoms with van der Waals surface area (Å²) >= 11 is 0. The molecule has 1 fully saturated rings. The summed E-state index contributed by atoms with van der Waals surface area (Å²) in [4.78, 5) is 16.2. The molecule has 0 aliphatic heterocycles. The van der Waals surface area contributed by atoms with E-state index in [2.05, 4.69) is 21.5 Å². The van der Waals surface area contributed by atoms with Crippen LogP contribution in [0, 0.1) is 5.92 Å². The second kappa shape index (κ2) is 6.73. The maximum Gasteiger partial charge on any atom is 0.220 e. The lowest BCUT2D eigenvalue weighted by atomic mass is 10.0. The van der Waals surface area contributed by atoms with Gasteiger partial charge in [-0.25, -0.2) is 0 Å². The molecule has 0 saturated heterocycles. The highest BCUT2D eigenvalue weighted by Crippen LogP contribution is 2.27. The predicted molar refractivity (Wildman–Crippen MR) is 84.9 cm³/mol. The minimum atomic E-state index is 0.152. The van der Waals surface area contributed by atoms with Crippen molar-refractivity contribution < 1.29 is 4.79 Å². The number of pyridine rings is 1. The van der Waals surface area contributed by atoms with Crippen LogP contribution < -0.4 is 5.32 Å². The Balaban J connectivity index is 1.57. The molecule has 3 rings (SSSR count). The quantitative estimate of drug-likeness (QED) is 0.923. The SMILES string of the molecule is Cn1cc(-c2cncc(CNC(=O)CC3CCCC3)c2)cn1. The van der Waals surface area contributed by atoms with E-state index < -0.39 is 0 Å². The minimum Gasteiger partial charge on any atom is -0.352 e. The Hall–Kier alpha value is -2.17. The molecule has 22 heavy (non-hydrogen) atoms. The van der Waals surface area contributed by atoms with Crippen LogP contribution in [-0.4, -0.2) is 20.7 Å². The number of nitrogens with one attached hydrogen (secondary N) is 1. The molecule has 1 saturated carbocycles. The Morgan fingerprint density at radius 2 is 2.09 bits per heavy atom. The van der Waals surface area contributed by atoms with Gasteiger partial charge < -0.3 is 5.32 Å². The largest absolute Gasteiger partial charge is 0.352 e. The molecule has 2 aromatic heterocycles. The van der Waals surface area contributed by atoms with Crippen LogP contribution in [0.2, 0.25) is 0 Å². The lowest BCUT2D eigenvalue weighted by Gasteiger charge is -2.10. The van der Waals surface area contributed by atoms with Crippen molar-refractivity contribution in [2.45, 2.75) is 38.6 Å². The smallest absolute Gasteiger partial charge is 0.220 e. The zero-order valence-electron chi connectivity index (χ0n) is 13.0. The summed E-state index contributed by atoms with van der Waals surface area (Å²) in [5, 5.41) is 7.18. The van der Waals surface area contributed by atoms with Gasteiger partial charge in [-0.1, -0.05) is 12.8 Å². The number of carbonyl (C=O) groups excluding carboxylic acids is 1. The van der Waals surface area contributed by atoms with Gasteiger partial charge in [0.1, 0.15) is 0 Å². The van der Waals surface area contributed by atoms with Crippen LogP contribution >= 0.6 is 0 Å². The van der Waals surface area contributed by atoms with Crippen LogP contribution in [-0.2, 0) is 18.4 Å². The maximum absolute atomic E-state index is 12.0. The summed E-state index contributed by atoms with van der Waals surface area (Å²) in [5.41, 5.74) is 3.07. The van der Waals surface area contributed by atoms with Gasteiger partial charge in [0.25, 0.3) is 0 Å². The third-order valence-electron chi connectivity index (χ3n) is 4.27. The van der Waals surface area contributed by atoms with Crippen LogP contribution in [0.4, 0.5) is 0 Å². The van der Waals surface area contributed by atoms with Gasteiger partial charge in [-0.05, 0) is 30.4 Å². The van der Waals surface area contributed by atoms with E-state index in [0.717, 1.165) is 16.7 Å². The summed E-state index contributed by atoms with van der Waals surface area (Å²) in [6.07, 6.45) is 13.0. The van der Waals surface area contributed by atoms with E-state index in [0.29, 0.717) is 18.9 Å². The van der Waals surface area contributed by atoms with Crippen molar-refractivity contribution in [1.82, 2.24) is 20.1 Å². The van der Waals surface area contributed by atoms with Crippen LogP contribution in [0.5, 0.6) is 0 Å². The van der Waals surface area contributed by atoms with E-state index in [1.807, 2.05) is 25.6 Å². The van der Waals surface area contributed by atoms with Gasteiger partial charge >= 0.3 is 0 Å². The summed E-state index contributed by atoms with van der Waals surface area (Å²) < 4.78 is 1.77. The molecule has 0 aromatic carbocycles. The lowest BCUT2D eigenvalue weighted by Crippen LogP contribution is -2.24. The molecular formula is C17H22N4O. The van der Waals surface area contributed by atoms with Crippen molar-refractivity contribution in [3.05, 3.63) is 36.4 Å². The number of aromatic nitrogens is 3. The number of carbonyl (C=O) groups is 1. The van der Waals surface area contributed by atoms with Gasteiger partial charge in [-0.15, -0.1) is 0 Å². The highest BCUT2D eigenvalue weighted by Gasteiger charge is 2.18. The summed E-state index contributed by atoms with van der Waals surface area (Å²) in [6, 6.07) is 2.06. The molecule has 1 aliphatic rings. The number of amides is 1. The van der Waals surface area contributed by atoms with Crippen molar-refractivity contribution >= 4 is 5.91 Å². The Morgan fingerprint density at radius 1 is 1.27 bits per heavy atom. The second-order valence-electron chi connectivity index (χ2n) is 6.12.